The van der Waals surface area contributed by atoms with Crippen molar-refractivity contribution in [2.45, 2.75) is 13.8 Å². The fourth-order valence-electron chi connectivity index (χ4n) is 8.30. The van der Waals surface area contributed by atoms with Crippen LogP contribution in [0.3, 0.4) is 0 Å². The summed E-state index contributed by atoms with van der Waals surface area (Å²) in [4.78, 5) is 2.35. The van der Waals surface area contributed by atoms with Gasteiger partial charge in [0.15, 0.2) is 0 Å². The molecule has 55 heavy (non-hydrogen) atoms. The number of hydrogen-bond acceptors (Lipinski definition) is 1. The predicted octanol–water partition coefficient (Wildman–Crippen LogP) is 14.1. The van der Waals surface area contributed by atoms with Crippen LogP contribution >= 0.6 is 0 Å². The largest absolute Gasteiger partial charge is 0.314 e. The van der Waals surface area contributed by atoms with Crippen LogP contribution in [0.1, 0.15) is 11.3 Å². The zero-order valence-electron chi connectivity index (χ0n) is 30.9. The van der Waals surface area contributed by atoms with Crippen LogP contribution in [0.5, 0.6) is 0 Å². The number of hydrogen-bond donors (Lipinski definition) is 0. The van der Waals surface area contributed by atoms with E-state index in [-0.39, 0.29) is 0 Å². The van der Waals surface area contributed by atoms with E-state index >= 15 is 0 Å². The molecule has 10 aromatic rings. The zero-order chi connectivity index (χ0) is 36.9. The van der Waals surface area contributed by atoms with Crippen LogP contribution in [-0.2, 0) is 0 Å². The number of aromatic nitrogens is 2. The Hall–Kier alpha value is -7.10. The average molecular weight is 706 g/mol. The summed E-state index contributed by atoms with van der Waals surface area (Å²) in [6.07, 6.45) is 0. The van der Waals surface area contributed by atoms with E-state index in [9.17, 15) is 0 Å². The first-order valence-corrected chi connectivity index (χ1v) is 18.9. The van der Waals surface area contributed by atoms with Crippen LogP contribution < -0.4 is 4.90 Å². The third kappa shape index (κ3) is 5.60. The number of nitrogens with zero attached hydrogens (tertiary/aromatic N) is 3. The van der Waals surface area contributed by atoms with E-state index in [1.807, 2.05) is 0 Å². The maximum Gasteiger partial charge on any atom is 0.0541 e. The second-order valence-electron chi connectivity index (χ2n) is 14.3. The normalized spacial score (nSPS) is 11.5. The van der Waals surface area contributed by atoms with Gasteiger partial charge >= 0.3 is 0 Å². The molecule has 8 aromatic carbocycles. The highest BCUT2D eigenvalue weighted by atomic mass is 15.1. The minimum absolute atomic E-state index is 1.10. The van der Waals surface area contributed by atoms with Gasteiger partial charge in [-0.15, -0.1) is 0 Å². The maximum absolute atomic E-state index is 2.37. The highest BCUT2D eigenvalue weighted by molar-refractivity contribution is 6.10. The quantitative estimate of drug-likeness (QED) is 0.161. The zero-order valence-corrected chi connectivity index (χ0v) is 30.9. The summed E-state index contributed by atoms with van der Waals surface area (Å²) >= 11 is 0. The fourth-order valence-corrected chi connectivity index (χ4v) is 8.30. The van der Waals surface area contributed by atoms with Crippen molar-refractivity contribution in [1.29, 1.82) is 0 Å². The molecule has 3 nitrogen and oxygen atoms in total. The molecule has 0 bridgehead atoms. The molecule has 0 N–H and O–H groups in total. The molecule has 0 saturated carbocycles. The predicted molar refractivity (Wildman–Crippen MR) is 233 cm³/mol. The lowest BCUT2D eigenvalue weighted by Crippen LogP contribution is -2.10. The van der Waals surface area contributed by atoms with Crippen molar-refractivity contribution in [3.05, 3.63) is 211 Å². The number of benzene rings is 8. The number of rotatable bonds is 7. The summed E-state index contributed by atoms with van der Waals surface area (Å²) in [6.45, 7) is 4.43. The Morgan fingerprint density at radius 2 is 0.764 bits per heavy atom. The van der Waals surface area contributed by atoms with Gasteiger partial charge in [0.2, 0.25) is 0 Å². The van der Waals surface area contributed by atoms with Crippen molar-refractivity contribution < 1.29 is 0 Å². The van der Waals surface area contributed by atoms with E-state index in [1.165, 1.54) is 71.9 Å². The Bertz CT molecular complexity index is 2950. The SMILES string of the molecule is Cc1c(C)n(-c2ccc(N(c3ccc(-c4ccccc4)cc3)c3ccc(-c4ccc5c(c4)c4ccccc4n5-c4ccccc4)cc3)cc2)c2ccccc12. The maximum atomic E-state index is 2.37. The number of anilines is 3. The lowest BCUT2D eigenvalue weighted by atomic mass is 10.0. The number of para-hydroxylation sites is 3. The van der Waals surface area contributed by atoms with Crippen LogP contribution in [-0.4, -0.2) is 9.13 Å². The molecule has 0 unspecified atom stereocenters. The first-order chi connectivity index (χ1) is 27.1. The van der Waals surface area contributed by atoms with Crippen molar-refractivity contribution >= 4 is 49.8 Å². The fraction of sp³-hybridized carbons (Fsp3) is 0.0385. The minimum atomic E-state index is 1.10. The van der Waals surface area contributed by atoms with E-state index in [2.05, 4.69) is 228 Å². The van der Waals surface area contributed by atoms with Crippen molar-refractivity contribution in [3.63, 3.8) is 0 Å². The first-order valence-electron chi connectivity index (χ1n) is 18.9. The van der Waals surface area contributed by atoms with Crippen LogP contribution in [0.15, 0.2) is 200 Å². The first kappa shape index (κ1) is 32.5. The van der Waals surface area contributed by atoms with Crippen molar-refractivity contribution in [2.24, 2.45) is 0 Å². The van der Waals surface area contributed by atoms with Crippen LogP contribution in [0.2, 0.25) is 0 Å². The monoisotopic (exact) mass is 705 g/mol. The molecule has 0 atom stereocenters. The van der Waals surface area contributed by atoms with Gasteiger partial charge in [-0.2, -0.15) is 0 Å². The molecule has 0 spiro atoms. The molecule has 2 heterocycles. The van der Waals surface area contributed by atoms with Gasteiger partial charge in [0.25, 0.3) is 0 Å². The molecule has 10 rings (SSSR count). The van der Waals surface area contributed by atoms with Gasteiger partial charge < -0.3 is 14.0 Å². The Morgan fingerprint density at radius 3 is 1.40 bits per heavy atom. The van der Waals surface area contributed by atoms with Gasteiger partial charge in [-0.1, -0.05) is 115 Å². The van der Waals surface area contributed by atoms with Crippen LogP contribution in [0.4, 0.5) is 17.1 Å². The number of fused-ring (bicyclic) bond motifs is 4. The third-order valence-corrected chi connectivity index (χ3v) is 11.2. The lowest BCUT2D eigenvalue weighted by molar-refractivity contribution is 1.04. The summed E-state index contributed by atoms with van der Waals surface area (Å²) in [5.41, 5.74) is 16.7. The summed E-state index contributed by atoms with van der Waals surface area (Å²) < 4.78 is 4.74. The molecule has 262 valence electrons. The molecule has 0 amide bonds. The van der Waals surface area contributed by atoms with Gasteiger partial charge in [-0.3, -0.25) is 0 Å². The highest BCUT2D eigenvalue weighted by Crippen LogP contribution is 2.39. The van der Waals surface area contributed by atoms with Crippen molar-refractivity contribution in [2.75, 3.05) is 4.90 Å². The molecular weight excluding hydrogens is 667 g/mol. The van der Waals surface area contributed by atoms with Crippen LogP contribution in [0.25, 0.3) is 66.3 Å². The highest BCUT2D eigenvalue weighted by Gasteiger charge is 2.17. The van der Waals surface area contributed by atoms with Gasteiger partial charge in [0, 0.05) is 50.3 Å². The molecular formula is C52H39N3. The summed E-state index contributed by atoms with van der Waals surface area (Å²) in [5, 5.41) is 3.80. The van der Waals surface area contributed by atoms with Gasteiger partial charge in [-0.05, 0) is 127 Å². The summed E-state index contributed by atoms with van der Waals surface area (Å²) in [5.74, 6) is 0. The molecule has 0 aliphatic heterocycles. The molecule has 0 fully saturated rings. The third-order valence-electron chi connectivity index (χ3n) is 11.2. The molecule has 3 heteroatoms. The Morgan fingerprint density at radius 1 is 0.327 bits per heavy atom. The average Bonchev–Trinajstić information content (AvgIpc) is 3.72. The second kappa shape index (κ2) is 13.4. The van der Waals surface area contributed by atoms with E-state index in [4.69, 9.17) is 0 Å². The van der Waals surface area contributed by atoms with Gasteiger partial charge in [-0.25, -0.2) is 0 Å². The minimum Gasteiger partial charge on any atom is -0.314 e. The smallest absolute Gasteiger partial charge is 0.0541 e. The second-order valence-corrected chi connectivity index (χ2v) is 14.3. The molecule has 0 aliphatic rings. The molecule has 2 aromatic heterocycles. The standard InChI is InChI=1S/C52H39N3/c1-36-37(2)53(50-19-11-9-17-47(36)50)43-30-32-46(33-31-43)54(44-26-21-39(22-27-44)38-13-5-3-6-14-38)45-28-23-40(24-29-45)41-25-34-52-49(35-41)48-18-10-12-20-51(48)55(52)42-15-7-4-8-16-42/h3-35H,1-2H3. The molecule has 0 aliphatic carbocycles. The van der Waals surface area contributed by atoms with Gasteiger partial charge in [0.1, 0.15) is 0 Å². The van der Waals surface area contributed by atoms with Crippen LogP contribution in [0, 0.1) is 13.8 Å². The van der Waals surface area contributed by atoms with Crippen molar-refractivity contribution in [3.8, 4) is 33.6 Å². The van der Waals surface area contributed by atoms with E-state index < -0.39 is 0 Å². The Balaban J connectivity index is 1.04. The molecule has 0 radical (unpaired) electrons. The molecule has 0 saturated heterocycles. The Kier molecular flexibility index (Phi) is 7.92. The topological polar surface area (TPSA) is 13.1 Å². The van der Waals surface area contributed by atoms with E-state index in [0.717, 1.165) is 22.7 Å². The summed E-state index contributed by atoms with van der Waals surface area (Å²) in [6, 6.07) is 72.3. The lowest BCUT2D eigenvalue weighted by Gasteiger charge is -2.26. The Labute approximate surface area is 321 Å². The van der Waals surface area contributed by atoms with E-state index in [1.54, 1.807) is 0 Å². The van der Waals surface area contributed by atoms with Gasteiger partial charge in [0.05, 0.1) is 16.6 Å². The summed E-state index contributed by atoms with van der Waals surface area (Å²) in [7, 11) is 0. The van der Waals surface area contributed by atoms with E-state index in [0.29, 0.717) is 0 Å². The van der Waals surface area contributed by atoms with Crippen molar-refractivity contribution in [1.82, 2.24) is 9.13 Å². The number of aryl methyl sites for hydroxylation is 1.